The van der Waals surface area contributed by atoms with Crippen LogP contribution in [-0.4, -0.2) is 11.7 Å². The first-order valence-corrected chi connectivity index (χ1v) is 7.22. The Kier molecular flexibility index (Phi) is 4.91. The Balaban J connectivity index is 2.30. The van der Waals surface area contributed by atoms with Gasteiger partial charge in [0.05, 0.1) is 6.10 Å². The van der Waals surface area contributed by atoms with Crippen molar-refractivity contribution in [2.24, 2.45) is 5.73 Å². The molecule has 2 nitrogen and oxygen atoms in total. The molecule has 0 spiro atoms. The van der Waals surface area contributed by atoms with Crippen LogP contribution in [0.15, 0.2) is 46.9 Å². The number of benzene rings is 2. The van der Waals surface area contributed by atoms with Crippen LogP contribution in [0.5, 0.6) is 0 Å². The summed E-state index contributed by atoms with van der Waals surface area (Å²) in [5.41, 5.74) is 8.51. The van der Waals surface area contributed by atoms with E-state index in [2.05, 4.69) is 15.9 Å². The number of hydrogen-bond acceptors (Lipinski definition) is 2. The van der Waals surface area contributed by atoms with Crippen LogP contribution in [-0.2, 0) is 0 Å². The highest BCUT2D eigenvalue weighted by molar-refractivity contribution is 9.10. The number of aliphatic hydroxyl groups is 1. The van der Waals surface area contributed by atoms with Crippen LogP contribution in [0.4, 0.5) is 4.39 Å². The Hall–Kier alpha value is -1.23. The number of rotatable bonds is 4. The van der Waals surface area contributed by atoms with Crippen molar-refractivity contribution < 1.29 is 9.50 Å². The largest absolute Gasteiger partial charge is 0.388 e. The summed E-state index contributed by atoms with van der Waals surface area (Å²) in [5.74, 6) is -0.553. The second kappa shape index (κ2) is 6.48. The molecule has 0 fully saturated rings. The second-order valence-corrected chi connectivity index (χ2v) is 5.70. The normalized spacial score (nSPS) is 14.1. The van der Waals surface area contributed by atoms with Crippen LogP contribution in [0.25, 0.3) is 0 Å². The minimum Gasteiger partial charge on any atom is -0.388 e. The number of nitrogens with two attached hydrogens (primary N) is 1. The Morgan fingerprint density at radius 1 is 1.15 bits per heavy atom. The lowest BCUT2D eigenvalue weighted by molar-refractivity contribution is 0.147. The molecule has 0 aliphatic rings. The van der Waals surface area contributed by atoms with Crippen molar-refractivity contribution in [3.8, 4) is 0 Å². The third-order valence-corrected chi connectivity index (χ3v) is 4.32. The summed E-state index contributed by atoms with van der Waals surface area (Å²) in [6, 6.07) is 11.8. The number of aliphatic hydroxyl groups excluding tert-OH is 1. The maximum absolute atomic E-state index is 13.0. The molecule has 0 saturated carbocycles. The highest BCUT2D eigenvalue weighted by atomic mass is 79.9. The summed E-state index contributed by atoms with van der Waals surface area (Å²) in [5, 5.41) is 10.5. The molecule has 2 aromatic rings. The van der Waals surface area contributed by atoms with E-state index in [1.807, 2.05) is 25.1 Å². The van der Waals surface area contributed by atoms with Gasteiger partial charge in [-0.05, 0) is 41.8 Å². The second-order valence-electron chi connectivity index (χ2n) is 4.85. The van der Waals surface area contributed by atoms with Gasteiger partial charge in [-0.25, -0.2) is 4.39 Å². The molecule has 2 aromatic carbocycles. The van der Waals surface area contributed by atoms with Crippen molar-refractivity contribution in [3.63, 3.8) is 0 Å². The van der Waals surface area contributed by atoms with Gasteiger partial charge in [0.25, 0.3) is 0 Å². The van der Waals surface area contributed by atoms with E-state index in [0.717, 1.165) is 21.2 Å². The molecule has 0 heterocycles. The zero-order valence-corrected chi connectivity index (χ0v) is 12.8. The van der Waals surface area contributed by atoms with Crippen LogP contribution < -0.4 is 5.73 Å². The maximum Gasteiger partial charge on any atom is 0.123 e. The van der Waals surface area contributed by atoms with Gasteiger partial charge in [-0.1, -0.05) is 40.2 Å². The average Bonchev–Trinajstić information content (AvgIpc) is 2.44. The summed E-state index contributed by atoms with van der Waals surface area (Å²) < 4.78 is 13.9. The summed E-state index contributed by atoms with van der Waals surface area (Å²) in [7, 11) is 0. The molecular weight excluding hydrogens is 321 g/mol. The first kappa shape index (κ1) is 15.2. The van der Waals surface area contributed by atoms with Crippen molar-refractivity contribution in [2.75, 3.05) is 6.54 Å². The Labute approximate surface area is 126 Å². The van der Waals surface area contributed by atoms with Crippen molar-refractivity contribution in [1.82, 2.24) is 0 Å². The molecule has 0 saturated heterocycles. The van der Waals surface area contributed by atoms with E-state index in [1.165, 1.54) is 12.1 Å². The maximum atomic E-state index is 13.0. The van der Waals surface area contributed by atoms with Crippen molar-refractivity contribution in [2.45, 2.75) is 18.9 Å². The number of aryl methyl sites for hydroxylation is 1. The third-order valence-electron chi connectivity index (χ3n) is 3.47. The lowest BCUT2D eigenvalue weighted by Gasteiger charge is -2.22. The molecule has 0 radical (unpaired) electrons. The monoisotopic (exact) mass is 337 g/mol. The molecule has 2 rings (SSSR count). The SMILES string of the molecule is Cc1ccc(C(O)C(CN)c2ccc(F)cc2)cc1Br. The fourth-order valence-electron chi connectivity index (χ4n) is 2.18. The molecular formula is C16H17BrFNO. The zero-order chi connectivity index (χ0) is 14.7. The Morgan fingerprint density at radius 2 is 1.75 bits per heavy atom. The van der Waals surface area contributed by atoms with E-state index < -0.39 is 6.10 Å². The average molecular weight is 338 g/mol. The molecule has 0 aliphatic heterocycles. The zero-order valence-electron chi connectivity index (χ0n) is 11.2. The molecule has 20 heavy (non-hydrogen) atoms. The van der Waals surface area contributed by atoms with E-state index in [4.69, 9.17) is 5.73 Å². The number of halogens is 2. The van der Waals surface area contributed by atoms with Gasteiger partial charge in [-0.15, -0.1) is 0 Å². The molecule has 0 amide bonds. The standard InChI is InChI=1S/C16H17BrFNO/c1-10-2-3-12(8-15(10)17)16(20)14(9-19)11-4-6-13(18)7-5-11/h2-8,14,16,20H,9,19H2,1H3. The van der Waals surface area contributed by atoms with Gasteiger partial charge in [-0.3, -0.25) is 0 Å². The first-order valence-electron chi connectivity index (χ1n) is 6.42. The van der Waals surface area contributed by atoms with Gasteiger partial charge in [0.15, 0.2) is 0 Å². The van der Waals surface area contributed by atoms with Gasteiger partial charge >= 0.3 is 0 Å². The van der Waals surface area contributed by atoms with Crippen molar-refractivity contribution in [3.05, 3.63) is 69.4 Å². The Morgan fingerprint density at radius 3 is 2.30 bits per heavy atom. The molecule has 2 unspecified atom stereocenters. The molecule has 0 aliphatic carbocycles. The third kappa shape index (κ3) is 3.26. The predicted molar refractivity (Wildman–Crippen MR) is 82.0 cm³/mol. The van der Waals surface area contributed by atoms with Crippen LogP contribution in [0.2, 0.25) is 0 Å². The highest BCUT2D eigenvalue weighted by Gasteiger charge is 2.22. The van der Waals surface area contributed by atoms with Crippen LogP contribution >= 0.6 is 15.9 Å². The van der Waals surface area contributed by atoms with E-state index in [0.29, 0.717) is 0 Å². The van der Waals surface area contributed by atoms with Crippen molar-refractivity contribution >= 4 is 15.9 Å². The van der Waals surface area contributed by atoms with E-state index in [-0.39, 0.29) is 18.3 Å². The van der Waals surface area contributed by atoms with E-state index in [9.17, 15) is 9.50 Å². The summed E-state index contributed by atoms with van der Waals surface area (Å²) >= 11 is 3.46. The summed E-state index contributed by atoms with van der Waals surface area (Å²) in [4.78, 5) is 0. The van der Waals surface area contributed by atoms with Crippen LogP contribution in [0.1, 0.15) is 28.7 Å². The smallest absolute Gasteiger partial charge is 0.123 e. The van der Waals surface area contributed by atoms with Crippen LogP contribution in [0.3, 0.4) is 0 Å². The lowest BCUT2D eigenvalue weighted by Crippen LogP contribution is -2.20. The molecule has 0 bridgehead atoms. The summed E-state index contributed by atoms with van der Waals surface area (Å²) in [6.45, 7) is 2.28. The van der Waals surface area contributed by atoms with Crippen LogP contribution in [0, 0.1) is 12.7 Å². The lowest BCUT2D eigenvalue weighted by atomic mass is 9.89. The minimum absolute atomic E-state index is 0.259. The first-order chi connectivity index (χ1) is 9.52. The van der Waals surface area contributed by atoms with Gasteiger partial charge in [0.1, 0.15) is 5.82 Å². The topological polar surface area (TPSA) is 46.2 Å². The minimum atomic E-state index is -0.720. The predicted octanol–water partition coefficient (Wildman–Crippen LogP) is 3.67. The molecule has 2 atom stereocenters. The number of hydrogen-bond donors (Lipinski definition) is 2. The van der Waals surface area contributed by atoms with Gasteiger partial charge in [-0.2, -0.15) is 0 Å². The van der Waals surface area contributed by atoms with Gasteiger partial charge in [0.2, 0.25) is 0 Å². The van der Waals surface area contributed by atoms with Crippen molar-refractivity contribution in [1.29, 1.82) is 0 Å². The molecule has 106 valence electrons. The van der Waals surface area contributed by atoms with E-state index in [1.54, 1.807) is 12.1 Å². The fourth-order valence-corrected chi connectivity index (χ4v) is 2.58. The summed E-state index contributed by atoms with van der Waals surface area (Å²) in [6.07, 6.45) is -0.720. The molecule has 3 N–H and O–H groups in total. The van der Waals surface area contributed by atoms with Gasteiger partial charge < -0.3 is 10.8 Å². The van der Waals surface area contributed by atoms with Gasteiger partial charge in [0, 0.05) is 16.9 Å². The highest BCUT2D eigenvalue weighted by Crippen LogP contribution is 2.32. The fraction of sp³-hybridized carbons (Fsp3) is 0.250. The molecule has 4 heteroatoms. The Bertz CT molecular complexity index is 586. The quantitative estimate of drug-likeness (QED) is 0.893. The molecule has 0 aromatic heterocycles. The van der Waals surface area contributed by atoms with E-state index >= 15 is 0 Å².